The summed E-state index contributed by atoms with van der Waals surface area (Å²) in [7, 11) is 1.70. The van der Waals surface area contributed by atoms with E-state index in [1.807, 2.05) is 25.1 Å². The van der Waals surface area contributed by atoms with Crippen LogP contribution in [0.25, 0.3) is 0 Å². The predicted molar refractivity (Wildman–Crippen MR) is 109 cm³/mol. The normalized spacial score (nSPS) is 14.7. The van der Waals surface area contributed by atoms with Gasteiger partial charge in [-0.05, 0) is 54.7 Å². The molecule has 5 heteroatoms. The lowest BCUT2D eigenvalue weighted by Gasteiger charge is -2.38. The second kappa shape index (κ2) is 8.32. The van der Waals surface area contributed by atoms with Gasteiger partial charge in [-0.15, -0.1) is 0 Å². The Kier molecular flexibility index (Phi) is 6.08. The maximum absolute atomic E-state index is 11.6. The van der Waals surface area contributed by atoms with Crippen molar-refractivity contribution in [1.29, 1.82) is 0 Å². The molecule has 0 radical (unpaired) electrons. The van der Waals surface area contributed by atoms with Crippen LogP contribution in [0.4, 0.5) is 0 Å². The fraction of sp³-hybridized carbons (Fsp3) is 0.409. The second-order valence-corrected chi connectivity index (χ2v) is 7.84. The zero-order valence-corrected chi connectivity index (χ0v) is 17.2. The van der Waals surface area contributed by atoms with E-state index >= 15 is 0 Å². The van der Waals surface area contributed by atoms with E-state index in [1.165, 1.54) is 5.56 Å². The fourth-order valence-corrected chi connectivity index (χ4v) is 3.77. The molecule has 1 aliphatic rings. The van der Waals surface area contributed by atoms with Gasteiger partial charge < -0.3 is 10.1 Å². The third kappa shape index (κ3) is 4.63. The molecule has 4 nitrogen and oxygen atoms in total. The van der Waals surface area contributed by atoms with Crippen LogP contribution in [0.1, 0.15) is 27.8 Å². The number of rotatable bonds is 6. The highest BCUT2D eigenvalue weighted by molar-refractivity contribution is 6.31. The molecule has 0 atom stereocenters. The smallest absolute Gasteiger partial charge is 0.225 e. The summed E-state index contributed by atoms with van der Waals surface area (Å²) >= 11 is 6.20. The third-order valence-electron chi connectivity index (χ3n) is 5.12. The first-order valence-electron chi connectivity index (χ1n) is 9.29. The second-order valence-electron chi connectivity index (χ2n) is 7.44. The summed E-state index contributed by atoms with van der Waals surface area (Å²) in [6.45, 7) is 9.17. The van der Waals surface area contributed by atoms with Gasteiger partial charge in [-0.2, -0.15) is 0 Å². The number of amides is 1. The monoisotopic (exact) mass is 386 g/mol. The van der Waals surface area contributed by atoms with Gasteiger partial charge in [0.15, 0.2) is 0 Å². The van der Waals surface area contributed by atoms with Crippen LogP contribution in [-0.4, -0.2) is 30.9 Å². The van der Waals surface area contributed by atoms with Crippen molar-refractivity contribution in [1.82, 2.24) is 10.2 Å². The molecule has 1 aliphatic heterocycles. The first-order chi connectivity index (χ1) is 12.9. The quantitative estimate of drug-likeness (QED) is 0.815. The Bertz CT molecular complexity index is 821. The van der Waals surface area contributed by atoms with Gasteiger partial charge in [0.1, 0.15) is 12.4 Å². The molecule has 0 unspecified atom stereocenters. The number of ether oxygens (including phenoxy) is 1. The molecule has 27 heavy (non-hydrogen) atoms. The fourth-order valence-electron chi connectivity index (χ4n) is 3.57. The van der Waals surface area contributed by atoms with Crippen molar-refractivity contribution in [3.8, 4) is 5.75 Å². The molecule has 0 aliphatic carbocycles. The topological polar surface area (TPSA) is 41.6 Å². The van der Waals surface area contributed by atoms with Gasteiger partial charge in [0, 0.05) is 31.7 Å². The van der Waals surface area contributed by atoms with E-state index < -0.39 is 0 Å². The Labute approximate surface area is 166 Å². The molecule has 1 N–H and O–H groups in total. The number of likely N-dealkylation sites (tertiary alicyclic amines) is 1. The molecular formula is C22H27ClN2O2. The Morgan fingerprint density at radius 3 is 2.37 bits per heavy atom. The third-order valence-corrected chi connectivity index (χ3v) is 5.53. The van der Waals surface area contributed by atoms with Crippen LogP contribution in [0, 0.1) is 26.7 Å². The summed E-state index contributed by atoms with van der Waals surface area (Å²) in [6, 6.07) is 10.4. The number of halogens is 1. The molecule has 1 fully saturated rings. The van der Waals surface area contributed by atoms with Crippen molar-refractivity contribution in [3.05, 3.63) is 63.2 Å². The summed E-state index contributed by atoms with van der Waals surface area (Å²) in [6.07, 6.45) is 0. The van der Waals surface area contributed by atoms with Crippen molar-refractivity contribution < 1.29 is 9.53 Å². The zero-order valence-electron chi connectivity index (χ0n) is 16.4. The van der Waals surface area contributed by atoms with Crippen molar-refractivity contribution in [2.75, 3.05) is 20.1 Å². The Hall–Kier alpha value is -2.04. The van der Waals surface area contributed by atoms with Crippen LogP contribution in [0.2, 0.25) is 5.02 Å². The summed E-state index contributed by atoms with van der Waals surface area (Å²) in [4.78, 5) is 13.9. The van der Waals surface area contributed by atoms with Gasteiger partial charge in [0.25, 0.3) is 0 Å². The maximum Gasteiger partial charge on any atom is 0.225 e. The van der Waals surface area contributed by atoms with E-state index in [9.17, 15) is 4.79 Å². The number of carbonyl (C=O) groups is 1. The number of hydrogen-bond donors (Lipinski definition) is 1. The number of hydrogen-bond acceptors (Lipinski definition) is 3. The van der Waals surface area contributed by atoms with Gasteiger partial charge in [-0.1, -0.05) is 35.9 Å². The van der Waals surface area contributed by atoms with Crippen LogP contribution < -0.4 is 10.1 Å². The van der Waals surface area contributed by atoms with E-state index in [0.717, 1.165) is 52.7 Å². The molecule has 3 rings (SSSR count). The zero-order chi connectivity index (χ0) is 19.6. The minimum Gasteiger partial charge on any atom is -0.488 e. The lowest BCUT2D eigenvalue weighted by Crippen LogP contribution is -2.52. The maximum atomic E-state index is 11.6. The van der Waals surface area contributed by atoms with Crippen molar-refractivity contribution >= 4 is 17.5 Å². The van der Waals surface area contributed by atoms with Gasteiger partial charge in [-0.25, -0.2) is 0 Å². The summed E-state index contributed by atoms with van der Waals surface area (Å²) in [5, 5.41) is 3.49. The molecule has 0 bridgehead atoms. The summed E-state index contributed by atoms with van der Waals surface area (Å²) in [5.41, 5.74) is 5.65. The van der Waals surface area contributed by atoms with E-state index in [1.54, 1.807) is 7.05 Å². The minimum atomic E-state index is 0.126. The van der Waals surface area contributed by atoms with E-state index in [2.05, 4.69) is 36.2 Å². The lowest BCUT2D eigenvalue weighted by molar-refractivity contribution is -0.129. The molecule has 1 amide bonds. The SMILES string of the molecule is CNC(=O)C1CN(Cc2cc(C)c(OCc3ccc(C)c(Cl)c3)c(C)c2)C1. The predicted octanol–water partition coefficient (Wildman–Crippen LogP) is 4.02. The standard InChI is InChI=1S/C22H27ClN2O2/c1-14-5-6-17(9-20(14)23)13-27-21-15(2)7-18(8-16(21)3)10-25-11-19(12-25)22(26)24-4/h5-9,19H,10-13H2,1-4H3,(H,24,26). The highest BCUT2D eigenvalue weighted by Crippen LogP contribution is 2.28. The van der Waals surface area contributed by atoms with Crippen molar-refractivity contribution in [3.63, 3.8) is 0 Å². The number of nitrogens with one attached hydrogen (secondary N) is 1. The van der Waals surface area contributed by atoms with E-state index in [-0.39, 0.29) is 11.8 Å². The summed E-state index contributed by atoms with van der Waals surface area (Å²) < 4.78 is 6.09. The Balaban J connectivity index is 1.61. The van der Waals surface area contributed by atoms with Crippen molar-refractivity contribution in [2.45, 2.75) is 33.9 Å². The highest BCUT2D eigenvalue weighted by atomic mass is 35.5. The number of carbonyl (C=O) groups excluding carboxylic acids is 1. The largest absolute Gasteiger partial charge is 0.488 e. The molecular weight excluding hydrogens is 360 g/mol. The molecule has 144 valence electrons. The molecule has 0 aromatic heterocycles. The van der Waals surface area contributed by atoms with Crippen LogP contribution in [-0.2, 0) is 17.9 Å². The average Bonchev–Trinajstić information content (AvgIpc) is 2.59. The van der Waals surface area contributed by atoms with Crippen LogP contribution in [0.5, 0.6) is 5.75 Å². The highest BCUT2D eigenvalue weighted by Gasteiger charge is 2.31. The van der Waals surface area contributed by atoms with Gasteiger partial charge >= 0.3 is 0 Å². The van der Waals surface area contributed by atoms with Crippen LogP contribution >= 0.6 is 11.6 Å². The van der Waals surface area contributed by atoms with Gasteiger partial charge in [-0.3, -0.25) is 9.69 Å². The Morgan fingerprint density at radius 1 is 1.11 bits per heavy atom. The van der Waals surface area contributed by atoms with Crippen molar-refractivity contribution in [2.24, 2.45) is 5.92 Å². The van der Waals surface area contributed by atoms with E-state index in [0.29, 0.717) is 6.61 Å². The van der Waals surface area contributed by atoms with Crippen LogP contribution in [0.3, 0.4) is 0 Å². The molecule has 0 spiro atoms. The average molecular weight is 387 g/mol. The molecule has 2 aromatic rings. The first-order valence-corrected chi connectivity index (χ1v) is 9.67. The molecule has 2 aromatic carbocycles. The molecule has 1 saturated heterocycles. The first kappa shape index (κ1) is 19.7. The van der Waals surface area contributed by atoms with Crippen LogP contribution in [0.15, 0.2) is 30.3 Å². The number of nitrogens with zero attached hydrogens (tertiary/aromatic N) is 1. The molecule has 0 saturated carbocycles. The van der Waals surface area contributed by atoms with Gasteiger partial charge in [0.2, 0.25) is 5.91 Å². The lowest BCUT2D eigenvalue weighted by atomic mass is 9.97. The summed E-state index contributed by atoms with van der Waals surface area (Å²) in [5.74, 6) is 1.20. The Morgan fingerprint density at radius 2 is 1.78 bits per heavy atom. The number of aryl methyl sites for hydroxylation is 3. The molecule has 1 heterocycles. The minimum absolute atomic E-state index is 0.126. The van der Waals surface area contributed by atoms with E-state index in [4.69, 9.17) is 16.3 Å². The van der Waals surface area contributed by atoms with Gasteiger partial charge in [0.05, 0.1) is 5.92 Å². The number of benzene rings is 2.